The quantitative estimate of drug-likeness (QED) is 0.334. The summed E-state index contributed by atoms with van der Waals surface area (Å²) in [7, 11) is 3.50. The molecule has 1 amide bonds. The van der Waals surface area contributed by atoms with Gasteiger partial charge in [0.05, 0.1) is 0 Å². The van der Waals surface area contributed by atoms with Crippen LogP contribution in [0, 0.1) is 5.92 Å². The van der Waals surface area contributed by atoms with Crippen LogP contribution < -0.4 is 10.6 Å². The normalized spacial score (nSPS) is 11.1. The highest BCUT2D eigenvalue weighted by molar-refractivity contribution is 14.0. The van der Waals surface area contributed by atoms with Crippen molar-refractivity contribution >= 4 is 47.2 Å². The van der Waals surface area contributed by atoms with Crippen LogP contribution in [-0.2, 0) is 11.2 Å². The van der Waals surface area contributed by atoms with E-state index in [-0.39, 0.29) is 36.4 Å². The smallest absolute Gasteiger partial charge is 0.243 e. The van der Waals surface area contributed by atoms with Crippen molar-refractivity contribution in [2.75, 3.05) is 33.7 Å². The maximum atomic E-state index is 11.7. The Kier molecular flexibility index (Phi) is 13.0. The molecule has 1 rings (SSSR count). The Hall–Kier alpha value is -0.830. The lowest BCUT2D eigenvalue weighted by Gasteiger charge is -2.17. The predicted molar refractivity (Wildman–Crippen MR) is 115 cm³/mol. The molecule has 0 aromatic carbocycles. The van der Waals surface area contributed by atoms with E-state index in [1.54, 1.807) is 30.3 Å². The highest BCUT2D eigenvalue weighted by atomic mass is 127. The van der Waals surface area contributed by atoms with Crippen LogP contribution in [0.2, 0.25) is 0 Å². The van der Waals surface area contributed by atoms with Gasteiger partial charge in [-0.2, -0.15) is 0 Å². The van der Waals surface area contributed by atoms with Gasteiger partial charge in [0.1, 0.15) is 6.54 Å². The fraction of sp³-hybridized carbons (Fsp3) is 0.647. The molecule has 0 radical (unpaired) electrons. The third kappa shape index (κ3) is 9.46. The summed E-state index contributed by atoms with van der Waals surface area (Å²) in [5, 5.41) is 8.79. The molecule has 0 saturated heterocycles. The van der Waals surface area contributed by atoms with Crippen LogP contribution in [0.5, 0.6) is 0 Å². The van der Waals surface area contributed by atoms with Gasteiger partial charge < -0.3 is 15.5 Å². The van der Waals surface area contributed by atoms with E-state index >= 15 is 0 Å². The molecule has 0 fully saturated rings. The SMILES string of the molecule is CCC(CC)CNC(=NCC(=O)N(C)C)NCCc1cccs1.I. The van der Waals surface area contributed by atoms with E-state index in [1.807, 2.05) is 0 Å². The Bertz CT molecular complexity index is 473. The van der Waals surface area contributed by atoms with Crippen molar-refractivity contribution in [2.45, 2.75) is 33.1 Å². The summed E-state index contributed by atoms with van der Waals surface area (Å²) in [5.74, 6) is 1.36. The molecule has 0 bridgehead atoms. The molecule has 0 unspecified atom stereocenters. The van der Waals surface area contributed by atoms with Crippen LogP contribution in [0.4, 0.5) is 0 Å². The number of carbonyl (C=O) groups is 1. The van der Waals surface area contributed by atoms with Crippen molar-refractivity contribution in [1.29, 1.82) is 0 Å². The molecule has 138 valence electrons. The number of carbonyl (C=O) groups excluding carboxylic acids is 1. The number of rotatable bonds is 9. The number of nitrogens with zero attached hydrogens (tertiary/aromatic N) is 2. The minimum absolute atomic E-state index is 0. The predicted octanol–water partition coefficient (Wildman–Crippen LogP) is 2.97. The molecule has 0 saturated carbocycles. The largest absolute Gasteiger partial charge is 0.356 e. The second-order valence-corrected chi connectivity index (χ2v) is 6.80. The van der Waals surface area contributed by atoms with E-state index in [0.717, 1.165) is 38.3 Å². The average Bonchev–Trinajstić information content (AvgIpc) is 3.05. The van der Waals surface area contributed by atoms with Crippen molar-refractivity contribution in [2.24, 2.45) is 10.9 Å². The molecule has 0 aliphatic heterocycles. The molecule has 5 nitrogen and oxygen atoms in total. The maximum Gasteiger partial charge on any atom is 0.243 e. The van der Waals surface area contributed by atoms with Gasteiger partial charge in [-0.3, -0.25) is 4.79 Å². The summed E-state index contributed by atoms with van der Waals surface area (Å²) in [6.45, 7) is 6.27. The molecule has 7 heteroatoms. The number of likely N-dealkylation sites (N-methyl/N-ethyl adjacent to an activating group) is 1. The standard InChI is InChI=1S/C17H30N4OS.HI/c1-5-14(6-2)12-19-17(20-13-16(22)21(3)4)18-10-9-15-8-7-11-23-15;/h7-8,11,14H,5-6,9-10,12-13H2,1-4H3,(H2,18,19,20);1H. The first-order valence-corrected chi connectivity index (χ1v) is 9.19. The molecule has 1 heterocycles. The third-order valence-corrected chi connectivity index (χ3v) is 4.76. The van der Waals surface area contributed by atoms with Gasteiger partial charge in [0, 0.05) is 32.1 Å². The Labute approximate surface area is 167 Å². The first-order valence-electron chi connectivity index (χ1n) is 8.31. The monoisotopic (exact) mass is 466 g/mol. The summed E-state index contributed by atoms with van der Waals surface area (Å²) in [5.41, 5.74) is 0. The van der Waals surface area contributed by atoms with E-state index in [1.165, 1.54) is 4.88 Å². The minimum atomic E-state index is 0. The van der Waals surface area contributed by atoms with Crippen molar-refractivity contribution in [3.63, 3.8) is 0 Å². The number of hydrogen-bond donors (Lipinski definition) is 2. The zero-order chi connectivity index (χ0) is 17.1. The van der Waals surface area contributed by atoms with Gasteiger partial charge >= 0.3 is 0 Å². The van der Waals surface area contributed by atoms with Crippen molar-refractivity contribution in [3.05, 3.63) is 22.4 Å². The Morgan fingerprint density at radius 1 is 1.29 bits per heavy atom. The number of aliphatic imine (C=N–C) groups is 1. The van der Waals surface area contributed by atoms with Gasteiger partial charge in [-0.15, -0.1) is 35.3 Å². The van der Waals surface area contributed by atoms with Gasteiger partial charge in [-0.1, -0.05) is 32.8 Å². The summed E-state index contributed by atoms with van der Waals surface area (Å²) >= 11 is 1.76. The molecule has 24 heavy (non-hydrogen) atoms. The number of halogens is 1. The number of thiophene rings is 1. The number of guanidine groups is 1. The van der Waals surface area contributed by atoms with Crippen LogP contribution in [0.3, 0.4) is 0 Å². The zero-order valence-corrected chi connectivity index (χ0v) is 18.3. The average molecular weight is 466 g/mol. The number of hydrogen-bond acceptors (Lipinski definition) is 3. The topological polar surface area (TPSA) is 56.7 Å². The molecule has 0 atom stereocenters. The van der Waals surface area contributed by atoms with Crippen LogP contribution in [-0.4, -0.2) is 50.5 Å². The van der Waals surface area contributed by atoms with Gasteiger partial charge in [-0.05, 0) is 23.8 Å². The summed E-state index contributed by atoms with van der Waals surface area (Å²) in [6.07, 6.45) is 3.25. The minimum Gasteiger partial charge on any atom is -0.356 e. The molecule has 1 aromatic rings. The first-order chi connectivity index (χ1) is 11.1. The molecular weight excluding hydrogens is 435 g/mol. The van der Waals surface area contributed by atoms with Gasteiger partial charge in [0.25, 0.3) is 0 Å². The number of amides is 1. The zero-order valence-electron chi connectivity index (χ0n) is 15.2. The van der Waals surface area contributed by atoms with Crippen LogP contribution >= 0.6 is 35.3 Å². The van der Waals surface area contributed by atoms with Crippen molar-refractivity contribution < 1.29 is 4.79 Å². The van der Waals surface area contributed by atoms with E-state index < -0.39 is 0 Å². The van der Waals surface area contributed by atoms with E-state index in [4.69, 9.17) is 0 Å². The third-order valence-electron chi connectivity index (χ3n) is 3.83. The fourth-order valence-electron chi connectivity index (χ4n) is 2.04. The van der Waals surface area contributed by atoms with Crippen LogP contribution in [0.25, 0.3) is 0 Å². The molecule has 1 aromatic heterocycles. The van der Waals surface area contributed by atoms with Gasteiger partial charge in [0.15, 0.2) is 5.96 Å². The van der Waals surface area contributed by atoms with Gasteiger partial charge in [-0.25, -0.2) is 4.99 Å². The summed E-state index contributed by atoms with van der Waals surface area (Å²) in [4.78, 5) is 19.0. The van der Waals surface area contributed by atoms with E-state index in [0.29, 0.717) is 5.92 Å². The summed E-state index contributed by atoms with van der Waals surface area (Å²) in [6, 6.07) is 4.20. The lowest BCUT2D eigenvalue weighted by molar-refractivity contribution is -0.127. The summed E-state index contributed by atoms with van der Waals surface area (Å²) < 4.78 is 0. The van der Waals surface area contributed by atoms with Crippen molar-refractivity contribution in [1.82, 2.24) is 15.5 Å². The molecule has 0 aliphatic rings. The van der Waals surface area contributed by atoms with E-state index in [2.05, 4.69) is 47.0 Å². The van der Waals surface area contributed by atoms with Crippen LogP contribution in [0.1, 0.15) is 31.6 Å². The lowest BCUT2D eigenvalue weighted by atomic mass is 10.0. The van der Waals surface area contributed by atoms with Crippen LogP contribution in [0.15, 0.2) is 22.5 Å². The molecule has 0 aliphatic carbocycles. The van der Waals surface area contributed by atoms with E-state index in [9.17, 15) is 4.79 Å². The first kappa shape index (κ1) is 23.2. The Morgan fingerprint density at radius 3 is 2.54 bits per heavy atom. The van der Waals surface area contributed by atoms with Crippen molar-refractivity contribution in [3.8, 4) is 0 Å². The number of nitrogens with one attached hydrogen (secondary N) is 2. The molecule has 0 spiro atoms. The highest BCUT2D eigenvalue weighted by Crippen LogP contribution is 2.08. The molecular formula is C17H31IN4OS. The Balaban J connectivity index is 0.00000529. The fourth-order valence-corrected chi connectivity index (χ4v) is 2.75. The Morgan fingerprint density at radius 2 is 2.00 bits per heavy atom. The van der Waals surface area contributed by atoms with Gasteiger partial charge in [0.2, 0.25) is 5.91 Å². The molecule has 2 N–H and O–H groups in total. The second kappa shape index (κ2) is 13.5. The highest BCUT2D eigenvalue weighted by Gasteiger charge is 2.07. The second-order valence-electron chi connectivity index (χ2n) is 5.77. The lowest BCUT2D eigenvalue weighted by Crippen LogP contribution is -2.41. The maximum absolute atomic E-state index is 11.7.